The van der Waals surface area contributed by atoms with Gasteiger partial charge in [-0.25, -0.2) is 18.7 Å². The lowest BCUT2D eigenvalue weighted by atomic mass is 10.2. The van der Waals surface area contributed by atoms with Crippen LogP contribution in [0.25, 0.3) is 0 Å². The fourth-order valence-corrected chi connectivity index (χ4v) is 4.95. The number of halogens is 2. The van der Waals surface area contributed by atoms with Crippen LogP contribution in [0, 0.1) is 11.6 Å². The highest BCUT2D eigenvalue weighted by Crippen LogP contribution is 2.40. The number of hydrogen-bond donors (Lipinski definition) is 0. The van der Waals surface area contributed by atoms with Crippen molar-refractivity contribution >= 4 is 34.4 Å². The lowest BCUT2D eigenvalue weighted by molar-refractivity contribution is 0.627. The van der Waals surface area contributed by atoms with Crippen molar-refractivity contribution in [1.82, 2.24) is 9.97 Å². The molecule has 0 amide bonds. The van der Waals surface area contributed by atoms with Crippen LogP contribution in [0.4, 0.5) is 43.2 Å². The first-order chi connectivity index (χ1) is 17.7. The Hall–Kier alpha value is -4.20. The second-order valence-electron chi connectivity index (χ2n) is 9.02. The fourth-order valence-electron chi connectivity index (χ4n) is 4.95. The molecule has 2 aromatic carbocycles. The quantitative estimate of drug-likeness (QED) is 0.297. The van der Waals surface area contributed by atoms with Crippen molar-refractivity contribution in [2.45, 2.75) is 12.8 Å². The highest BCUT2D eigenvalue weighted by molar-refractivity contribution is 5.80. The zero-order valence-corrected chi connectivity index (χ0v) is 19.8. The molecule has 2 aromatic heterocycles. The number of aromatic nitrogens is 2. The molecule has 182 valence electrons. The maximum atomic E-state index is 13.4. The minimum Gasteiger partial charge on any atom is -0.350 e. The summed E-state index contributed by atoms with van der Waals surface area (Å²) in [4.78, 5) is 18.1. The number of unbranched alkanes of at least 4 members (excludes halogenated alkanes) is 1. The summed E-state index contributed by atoms with van der Waals surface area (Å²) in [6.07, 6.45) is 5.61. The number of rotatable bonds is 7. The number of pyridine rings is 2. The first-order valence-corrected chi connectivity index (χ1v) is 12.1. The van der Waals surface area contributed by atoms with E-state index < -0.39 is 0 Å². The molecule has 0 fully saturated rings. The van der Waals surface area contributed by atoms with Crippen LogP contribution >= 0.6 is 0 Å². The Balaban J connectivity index is 1.10. The van der Waals surface area contributed by atoms with Gasteiger partial charge in [-0.1, -0.05) is 0 Å². The number of benzene rings is 2. The van der Waals surface area contributed by atoms with Gasteiger partial charge in [0.05, 0.1) is 24.7 Å². The first-order valence-electron chi connectivity index (χ1n) is 12.1. The van der Waals surface area contributed by atoms with E-state index in [0.717, 1.165) is 60.3 Å². The average molecular weight is 485 g/mol. The van der Waals surface area contributed by atoms with Crippen molar-refractivity contribution in [2.75, 3.05) is 46.0 Å². The molecule has 0 aliphatic carbocycles. The summed E-state index contributed by atoms with van der Waals surface area (Å²) in [7, 11) is 0. The van der Waals surface area contributed by atoms with Crippen LogP contribution in [0.5, 0.6) is 0 Å². The van der Waals surface area contributed by atoms with E-state index in [1.54, 1.807) is 36.7 Å². The van der Waals surface area contributed by atoms with E-state index in [2.05, 4.69) is 41.7 Å². The van der Waals surface area contributed by atoms with Gasteiger partial charge >= 0.3 is 0 Å². The second-order valence-corrected chi connectivity index (χ2v) is 9.02. The molecule has 0 N–H and O–H groups in total. The summed E-state index contributed by atoms with van der Waals surface area (Å²) in [6, 6.07) is 21.2. The molecule has 6 nitrogen and oxygen atoms in total. The summed E-state index contributed by atoms with van der Waals surface area (Å²) in [5.41, 5.74) is 4.06. The molecule has 8 heteroatoms. The zero-order chi connectivity index (χ0) is 24.5. The summed E-state index contributed by atoms with van der Waals surface area (Å²) in [5, 5.41) is 0. The van der Waals surface area contributed by atoms with Crippen molar-refractivity contribution in [2.24, 2.45) is 0 Å². The van der Waals surface area contributed by atoms with Gasteiger partial charge in [-0.15, -0.1) is 0 Å². The molecule has 0 bridgehead atoms. The molecule has 0 saturated heterocycles. The molecule has 2 aliphatic heterocycles. The Kier molecular flexibility index (Phi) is 5.85. The SMILES string of the molecule is Fc1ccc(N2CN(CCCCN3CN(c4ccc(F)cc4)c4ncccc43)c3cccnc32)cc1. The lowest BCUT2D eigenvalue weighted by Crippen LogP contribution is -2.31. The third-order valence-electron chi connectivity index (χ3n) is 6.73. The van der Waals surface area contributed by atoms with Crippen molar-refractivity contribution in [3.63, 3.8) is 0 Å². The van der Waals surface area contributed by atoms with E-state index in [1.165, 1.54) is 24.3 Å². The summed E-state index contributed by atoms with van der Waals surface area (Å²) >= 11 is 0. The smallest absolute Gasteiger partial charge is 0.158 e. The molecular formula is C28H26F2N6. The van der Waals surface area contributed by atoms with E-state index in [1.807, 2.05) is 12.1 Å². The molecule has 0 atom stereocenters. The van der Waals surface area contributed by atoms with Gasteiger partial charge in [0.25, 0.3) is 0 Å². The fraction of sp³-hybridized carbons (Fsp3) is 0.214. The normalized spacial score (nSPS) is 14.4. The molecule has 0 saturated carbocycles. The topological polar surface area (TPSA) is 38.7 Å². The van der Waals surface area contributed by atoms with E-state index >= 15 is 0 Å². The van der Waals surface area contributed by atoms with Crippen LogP contribution in [0.1, 0.15) is 12.8 Å². The van der Waals surface area contributed by atoms with E-state index in [9.17, 15) is 8.78 Å². The van der Waals surface area contributed by atoms with Crippen LogP contribution in [0.2, 0.25) is 0 Å². The van der Waals surface area contributed by atoms with Gasteiger partial charge in [0.1, 0.15) is 11.6 Å². The number of hydrogen-bond acceptors (Lipinski definition) is 6. The summed E-state index contributed by atoms with van der Waals surface area (Å²) in [5.74, 6) is 1.32. The standard InChI is InChI=1S/C28H26F2N6/c29-21-7-11-23(12-8-21)35-19-33(25-5-3-15-31-27(25)35)17-1-2-18-34-20-36(24-13-9-22(30)10-14-24)28-26(34)6-4-16-32-28/h3-16H,1-2,17-20H2. The Morgan fingerprint density at radius 1 is 0.583 bits per heavy atom. The molecule has 4 aromatic rings. The maximum absolute atomic E-state index is 13.4. The Morgan fingerprint density at radius 3 is 1.42 bits per heavy atom. The predicted molar refractivity (Wildman–Crippen MR) is 139 cm³/mol. The first kappa shape index (κ1) is 22.3. The van der Waals surface area contributed by atoms with Gasteiger partial charge in [-0.05, 0) is 85.6 Å². The van der Waals surface area contributed by atoms with Gasteiger partial charge in [0.15, 0.2) is 11.6 Å². The summed E-state index contributed by atoms with van der Waals surface area (Å²) < 4.78 is 26.9. The van der Waals surface area contributed by atoms with Crippen LogP contribution < -0.4 is 19.6 Å². The number of fused-ring (bicyclic) bond motifs is 2. The monoisotopic (exact) mass is 484 g/mol. The minimum atomic E-state index is -0.243. The maximum Gasteiger partial charge on any atom is 0.158 e. The van der Waals surface area contributed by atoms with Gasteiger partial charge in [-0.3, -0.25) is 0 Å². The van der Waals surface area contributed by atoms with E-state index in [4.69, 9.17) is 0 Å². The second kappa shape index (κ2) is 9.45. The van der Waals surface area contributed by atoms with E-state index in [0.29, 0.717) is 13.3 Å². The molecule has 0 unspecified atom stereocenters. The lowest BCUT2D eigenvalue weighted by Gasteiger charge is -2.23. The molecular weight excluding hydrogens is 458 g/mol. The summed E-state index contributed by atoms with van der Waals surface area (Å²) in [6.45, 7) is 3.16. The third-order valence-corrected chi connectivity index (χ3v) is 6.73. The van der Waals surface area contributed by atoms with Crippen molar-refractivity contribution in [3.8, 4) is 0 Å². The van der Waals surface area contributed by atoms with Gasteiger partial charge in [0, 0.05) is 36.9 Å². The van der Waals surface area contributed by atoms with Gasteiger partial charge < -0.3 is 19.6 Å². The van der Waals surface area contributed by atoms with Gasteiger partial charge in [-0.2, -0.15) is 0 Å². The van der Waals surface area contributed by atoms with Crippen molar-refractivity contribution < 1.29 is 8.78 Å². The molecule has 0 radical (unpaired) electrons. The average Bonchev–Trinajstić information content (AvgIpc) is 3.47. The number of nitrogens with zero attached hydrogens (tertiary/aromatic N) is 6. The molecule has 4 heterocycles. The largest absolute Gasteiger partial charge is 0.350 e. The Labute approximate surface area is 209 Å². The third kappa shape index (κ3) is 4.19. The van der Waals surface area contributed by atoms with E-state index in [-0.39, 0.29) is 11.6 Å². The van der Waals surface area contributed by atoms with Crippen LogP contribution in [0.3, 0.4) is 0 Å². The number of anilines is 6. The van der Waals surface area contributed by atoms with Crippen LogP contribution in [0.15, 0.2) is 85.2 Å². The molecule has 2 aliphatic rings. The van der Waals surface area contributed by atoms with Crippen LogP contribution in [-0.4, -0.2) is 36.4 Å². The zero-order valence-electron chi connectivity index (χ0n) is 19.8. The van der Waals surface area contributed by atoms with Crippen LogP contribution in [-0.2, 0) is 0 Å². The highest BCUT2D eigenvalue weighted by atomic mass is 19.1. The van der Waals surface area contributed by atoms with Gasteiger partial charge in [0.2, 0.25) is 0 Å². The Morgan fingerprint density at radius 2 is 1.00 bits per heavy atom. The van der Waals surface area contributed by atoms with Crippen molar-refractivity contribution in [3.05, 3.63) is 96.8 Å². The predicted octanol–water partition coefficient (Wildman–Crippen LogP) is 6.07. The minimum absolute atomic E-state index is 0.243. The highest BCUT2D eigenvalue weighted by Gasteiger charge is 2.29. The molecule has 36 heavy (non-hydrogen) atoms. The molecule has 6 rings (SSSR count). The molecule has 0 spiro atoms. The Bertz CT molecular complexity index is 1240. The van der Waals surface area contributed by atoms with Crippen molar-refractivity contribution in [1.29, 1.82) is 0 Å².